The summed E-state index contributed by atoms with van der Waals surface area (Å²) in [5.41, 5.74) is 0.693. The van der Waals surface area contributed by atoms with Crippen molar-refractivity contribution in [3.05, 3.63) is 40.1 Å². The molecule has 0 fully saturated rings. The second-order valence-corrected chi connectivity index (χ2v) is 3.67. The molecule has 1 N–H and O–H groups in total. The van der Waals surface area contributed by atoms with E-state index in [2.05, 4.69) is 15.9 Å². The van der Waals surface area contributed by atoms with Gasteiger partial charge in [0.2, 0.25) is 5.83 Å². The van der Waals surface area contributed by atoms with Gasteiger partial charge in [0.05, 0.1) is 0 Å². The van der Waals surface area contributed by atoms with Crippen LogP contribution in [0.5, 0.6) is 0 Å². The largest absolute Gasteiger partial charge is 0.476 e. The van der Waals surface area contributed by atoms with E-state index in [9.17, 15) is 9.18 Å². The van der Waals surface area contributed by atoms with E-state index in [1.165, 1.54) is 6.92 Å². The van der Waals surface area contributed by atoms with Gasteiger partial charge in [-0.05, 0) is 30.2 Å². The highest BCUT2D eigenvalue weighted by Crippen LogP contribution is 2.21. The maximum Gasteiger partial charge on any atom is 0.365 e. The fraction of sp³-hybridized carbons (Fsp3) is 0.100. The molecule has 1 rings (SSSR count). The molecule has 1 aromatic carbocycles. The Kier molecular flexibility index (Phi) is 3.41. The maximum absolute atomic E-state index is 13.0. The maximum atomic E-state index is 13.0. The highest BCUT2D eigenvalue weighted by molar-refractivity contribution is 9.10. The summed E-state index contributed by atoms with van der Waals surface area (Å²) in [5.74, 6) is -2.65. The smallest absolute Gasteiger partial charge is 0.365 e. The van der Waals surface area contributed by atoms with Crippen LogP contribution in [0.1, 0.15) is 12.5 Å². The molecule has 0 spiro atoms. The van der Waals surface area contributed by atoms with Crippen LogP contribution in [-0.2, 0) is 4.79 Å². The number of aliphatic carboxylic acids is 1. The van der Waals surface area contributed by atoms with Crippen molar-refractivity contribution in [2.45, 2.75) is 6.92 Å². The summed E-state index contributed by atoms with van der Waals surface area (Å²) >= 11 is 3.23. The molecule has 0 aliphatic heterocycles. The highest BCUT2D eigenvalue weighted by atomic mass is 79.9. The molecule has 2 nitrogen and oxygen atoms in total. The SMILES string of the molecule is CC(=C(F)C(=O)O)c1ccc(Br)cc1. The van der Waals surface area contributed by atoms with Crippen LogP contribution in [0.15, 0.2) is 34.6 Å². The highest BCUT2D eigenvalue weighted by Gasteiger charge is 2.11. The van der Waals surface area contributed by atoms with Crippen LogP contribution in [0.25, 0.3) is 5.57 Å². The standard InChI is InChI=1S/C10H8BrFO2/c1-6(9(12)10(13)14)7-2-4-8(11)5-3-7/h2-5H,1H3,(H,13,14). The first-order valence-corrected chi connectivity index (χ1v) is 4.67. The van der Waals surface area contributed by atoms with Crippen molar-refractivity contribution in [1.82, 2.24) is 0 Å². The number of hydrogen-bond donors (Lipinski definition) is 1. The third kappa shape index (κ3) is 2.42. The lowest BCUT2D eigenvalue weighted by Gasteiger charge is -2.01. The van der Waals surface area contributed by atoms with Gasteiger partial charge >= 0.3 is 5.97 Å². The molecule has 0 amide bonds. The Morgan fingerprint density at radius 2 is 1.86 bits per heavy atom. The van der Waals surface area contributed by atoms with Crippen LogP contribution in [-0.4, -0.2) is 11.1 Å². The van der Waals surface area contributed by atoms with Crippen molar-refractivity contribution in [2.24, 2.45) is 0 Å². The molecule has 0 bridgehead atoms. The van der Waals surface area contributed by atoms with Crippen molar-refractivity contribution in [3.63, 3.8) is 0 Å². The number of carbonyl (C=O) groups is 1. The van der Waals surface area contributed by atoms with E-state index in [4.69, 9.17) is 5.11 Å². The third-order valence-electron chi connectivity index (χ3n) is 1.79. The number of carboxylic acids is 1. The Bertz CT molecular complexity index is 382. The first-order valence-electron chi connectivity index (χ1n) is 3.88. The minimum atomic E-state index is -1.54. The van der Waals surface area contributed by atoms with Crippen molar-refractivity contribution in [1.29, 1.82) is 0 Å². The molecular formula is C10H8BrFO2. The lowest BCUT2D eigenvalue weighted by molar-refractivity contribution is -0.134. The molecule has 0 saturated carbocycles. The second-order valence-electron chi connectivity index (χ2n) is 2.75. The second kappa shape index (κ2) is 4.37. The minimum Gasteiger partial charge on any atom is -0.476 e. The third-order valence-corrected chi connectivity index (χ3v) is 2.32. The summed E-state index contributed by atoms with van der Waals surface area (Å²) in [5, 5.41) is 8.43. The number of benzene rings is 1. The Balaban J connectivity index is 3.12. The lowest BCUT2D eigenvalue weighted by Crippen LogP contribution is -1.97. The number of carboxylic acid groups (broad SMARTS) is 1. The fourth-order valence-electron chi connectivity index (χ4n) is 0.987. The van der Waals surface area contributed by atoms with Crippen LogP contribution in [0, 0.1) is 0 Å². The number of allylic oxidation sites excluding steroid dienone is 1. The molecule has 0 aliphatic rings. The van der Waals surface area contributed by atoms with Crippen molar-refractivity contribution < 1.29 is 14.3 Å². The molecule has 0 saturated heterocycles. The number of halogens is 2. The Hall–Kier alpha value is -1.16. The molecule has 0 unspecified atom stereocenters. The van der Waals surface area contributed by atoms with E-state index in [0.29, 0.717) is 5.56 Å². The number of hydrogen-bond acceptors (Lipinski definition) is 1. The summed E-state index contributed by atoms with van der Waals surface area (Å²) < 4.78 is 13.8. The van der Waals surface area contributed by atoms with E-state index in [0.717, 1.165) is 4.47 Å². The fourth-order valence-corrected chi connectivity index (χ4v) is 1.25. The van der Waals surface area contributed by atoms with Gasteiger partial charge in [-0.1, -0.05) is 28.1 Å². The van der Waals surface area contributed by atoms with E-state index in [1.54, 1.807) is 24.3 Å². The van der Waals surface area contributed by atoms with Gasteiger partial charge in [0, 0.05) is 4.47 Å². The van der Waals surface area contributed by atoms with E-state index in [-0.39, 0.29) is 5.57 Å². The van der Waals surface area contributed by atoms with Gasteiger partial charge in [-0.3, -0.25) is 0 Å². The summed E-state index contributed by atoms with van der Waals surface area (Å²) in [6, 6.07) is 6.77. The van der Waals surface area contributed by atoms with Gasteiger partial charge < -0.3 is 5.11 Å². The molecule has 0 heterocycles. The van der Waals surface area contributed by atoms with E-state index < -0.39 is 11.8 Å². The van der Waals surface area contributed by atoms with E-state index >= 15 is 0 Å². The van der Waals surface area contributed by atoms with Crippen molar-refractivity contribution in [2.75, 3.05) is 0 Å². The molecular weight excluding hydrogens is 251 g/mol. The van der Waals surface area contributed by atoms with Crippen LogP contribution < -0.4 is 0 Å². The van der Waals surface area contributed by atoms with Crippen molar-refractivity contribution in [3.8, 4) is 0 Å². The molecule has 0 atom stereocenters. The lowest BCUT2D eigenvalue weighted by atomic mass is 10.1. The summed E-state index contributed by atoms with van der Waals surface area (Å²) in [6.45, 7) is 1.44. The van der Waals surface area contributed by atoms with Gasteiger partial charge in [-0.15, -0.1) is 0 Å². The average Bonchev–Trinajstić information content (AvgIpc) is 2.16. The molecule has 0 aliphatic carbocycles. The zero-order valence-corrected chi connectivity index (χ0v) is 9.01. The number of rotatable bonds is 2. The first-order chi connectivity index (χ1) is 6.52. The van der Waals surface area contributed by atoms with Crippen LogP contribution in [0.2, 0.25) is 0 Å². The van der Waals surface area contributed by atoms with Gasteiger partial charge in [-0.25, -0.2) is 4.79 Å². The van der Waals surface area contributed by atoms with Gasteiger partial charge in [0.1, 0.15) is 0 Å². The first kappa shape index (κ1) is 10.9. The Labute approximate surface area is 89.2 Å². The van der Waals surface area contributed by atoms with Gasteiger partial charge in [0.25, 0.3) is 0 Å². The normalized spacial score (nSPS) is 12.2. The molecule has 0 radical (unpaired) electrons. The van der Waals surface area contributed by atoms with Gasteiger partial charge in [0.15, 0.2) is 0 Å². The topological polar surface area (TPSA) is 37.3 Å². The quantitative estimate of drug-likeness (QED) is 0.828. The Morgan fingerprint density at radius 3 is 2.29 bits per heavy atom. The Morgan fingerprint density at radius 1 is 1.36 bits per heavy atom. The van der Waals surface area contributed by atoms with Gasteiger partial charge in [-0.2, -0.15) is 4.39 Å². The predicted molar refractivity (Wildman–Crippen MR) is 55.5 cm³/mol. The minimum absolute atomic E-state index is 0.130. The molecule has 4 heteroatoms. The van der Waals surface area contributed by atoms with Crippen molar-refractivity contribution >= 4 is 27.5 Å². The molecule has 74 valence electrons. The zero-order chi connectivity index (χ0) is 10.7. The summed E-state index contributed by atoms with van der Waals surface area (Å²) in [6.07, 6.45) is 0. The molecule has 1 aromatic rings. The predicted octanol–water partition coefficient (Wildman–Crippen LogP) is 3.23. The zero-order valence-electron chi connectivity index (χ0n) is 7.42. The monoisotopic (exact) mass is 258 g/mol. The molecule has 0 aromatic heterocycles. The molecule has 14 heavy (non-hydrogen) atoms. The average molecular weight is 259 g/mol. The van der Waals surface area contributed by atoms with E-state index in [1.807, 2.05) is 0 Å². The summed E-state index contributed by atoms with van der Waals surface area (Å²) in [7, 11) is 0. The van der Waals surface area contributed by atoms with Crippen LogP contribution in [0.3, 0.4) is 0 Å². The van der Waals surface area contributed by atoms with Crippen LogP contribution >= 0.6 is 15.9 Å². The summed E-state index contributed by atoms with van der Waals surface area (Å²) in [4.78, 5) is 10.3. The van der Waals surface area contributed by atoms with Crippen LogP contribution in [0.4, 0.5) is 4.39 Å².